The molecule has 24 heavy (non-hydrogen) atoms. The molecule has 1 rings (SSSR count). The van der Waals surface area contributed by atoms with Crippen molar-refractivity contribution < 1.29 is 23.9 Å². The third-order valence-corrected chi connectivity index (χ3v) is 2.97. The van der Waals surface area contributed by atoms with Crippen molar-refractivity contribution in [3.05, 3.63) is 35.9 Å². The first kappa shape index (κ1) is 19.7. The van der Waals surface area contributed by atoms with Gasteiger partial charge in [0.1, 0.15) is 12.2 Å². The lowest BCUT2D eigenvalue weighted by atomic mass is 10.0. The van der Waals surface area contributed by atoms with Crippen molar-refractivity contribution in [2.75, 3.05) is 0 Å². The van der Waals surface area contributed by atoms with Gasteiger partial charge in [-0.05, 0) is 26.3 Å². The van der Waals surface area contributed by atoms with Crippen LogP contribution in [0.5, 0.6) is 0 Å². The molecule has 1 atom stereocenters. The summed E-state index contributed by atoms with van der Waals surface area (Å²) in [7, 11) is 0. The van der Waals surface area contributed by atoms with E-state index >= 15 is 0 Å². The highest BCUT2D eigenvalue weighted by molar-refractivity contribution is 6.05. The Morgan fingerprint density at radius 3 is 2.17 bits per heavy atom. The van der Waals surface area contributed by atoms with E-state index in [1.807, 2.05) is 18.2 Å². The molecule has 1 aromatic carbocycles. The van der Waals surface area contributed by atoms with E-state index in [0.29, 0.717) is 0 Å². The van der Waals surface area contributed by atoms with Gasteiger partial charge in [-0.3, -0.25) is 4.79 Å². The minimum Gasteiger partial charge on any atom is -0.459 e. The minimum atomic E-state index is -1.39. The smallest absolute Gasteiger partial charge is 0.408 e. The normalized spacial score (nSPS) is 12.4. The Bertz CT molecular complexity index is 575. The van der Waals surface area contributed by atoms with Crippen LogP contribution in [-0.2, 0) is 25.7 Å². The summed E-state index contributed by atoms with van der Waals surface area (Å²) < 4.78 is 10.3. The van der Waals surface area contributed by atoms with E-state index < -0.39 is 35.4 Å². The van der Waals surface area contributed by atoms with Crippen molar-refractivity contribution in [3.8, 4) is 0 Å². The standard InChI is InChI=1S/C18H25NO5/c1-12(2)15(20)14(19-17(22)24-18(3,4)5)16(21)23-11-13-9-7-6-8-10-13/h6-10,12,14H,11H2,1-5H3,(H,19,22). The van der Waals surface area contributed by atoms with Gasteiger partial charge in [0.05, 0.1) is 0 Å². The molecule has 0 aromatic heterocycles. The number of ketones is 1. The van der Waals surface area contributed by atoms with Gasteiger partial charge in [-0.1, -0.05) is 44.2 Å². The van der Waals surface area contributed by atoms with E-state index in [-0.39, 0.29) is 6.61 Å². The number of alkyl carbamates (subject to hydrolysis) is 1. The summed E-state index contributed by atoms with van der Waals surface area (Å²) in [6.45, 7) is 8.41. The van der Waals surface area contributed by atoms with Crippen LogP contribution in [0, 0.1) is 5.92 Å². The summed E-state index contributed by atoms with van der Waals surface area (Å²) in [5.74, 6) is -1.67. The predicted molar refractivity (Wildman–Crippen MR) is 89.2 cm³/mol. The van der Waals surface area contributed by atoms with E-state index in [1.54, 1.807) is 46.8 Å². The highest BCUT2D eigenvalue weighted by Gasteiger charge is 2.33. The van der Waals surface area contributed by atoms with Crippen LogP contribution >= 0.6 is 0 Å². The quantitative estimate of drug-likeness (QED) is 0.638. The summed E-state index contributed by atoms with van der Waals surface area (Å²) in [6, 6.07) is 7.70. The zero-order valence-corrected chi connectivity index (χ0v) is 14.8. The fourth-order valence-electron chi connectivity index (χ4n) is 1.82. The average Bonchev–Trinajstić information content (AvgIpc) is 2.48. The number of ether oxygens (including phenoxy) is 2. The largest absolute Gasteiger partial charge is 0.459 e. The third-order valence-electron chi connectivity index (χ3n) is 2.97. The summed E-state index contributed by atoms with van der Waals surface area (Å²) in [4.78, 5) is 36.4. The first-order chi connectivity index (χ1) is 11.1. The topological polar surface area (TPSA) is 81.7 Å². The Kier molecular flexibility index (Phi) is 6.95. The van der Waals surface area contributed by atoms with Crippen molar-refractivity contribution in [2.24, 2.45) is 5.92 Å². The molecule has 1 amide bonds. The SMILES string of the molecule is CC(C)C(=O)C(NC(=O)OC(C)(C)C)C(=O)OCc1ccccc1. The molecule has 0 aliphatic heterocycles. The molecule has 0 bridgehead atoms. The van der Waals surface area contributed by atoms with Crippen LogP contribution < -0.4 is 5.32 Å². The summed E-state index contributed by atoms with van der Waals surface area (Å²) in [5.41, 5.74) is 0.0579. The molecular weight excluding hydrogens is 310 g/mol. The number of carbonyl (C=O) groups is 3. The summed E-state index contributed by atoms with van der Waals surface area (Å²) >= 11 is 0. The van der Waals surface area contributed by atoms with Gasteiger partial charge in [-0.15, -0.1) is 0 Å². The molecule has 0 spiro atoms. The maximum Gasteiger partial charge on any atom is 0.408 e. The van der Waals surface area contributed by atoms with Crippen LogP contribution in [0.15, 0.2) is 30.3 Å². The zero-order chi connectivity index (χ0) is 18.3. The van der Waals surface area contributed by atoms with E-state index in [4.69, 9.17) is 9.47 Å². The number of nitrogens with one attached hydrogen (secondary N) is 1. The third kappa shape index (κ3) is 6.81. The first-order valence-corrected chi connectivity index (χ1v) is 7.84. The number of benzene rings is 1. The number of Topliss-reactive ketones (excluding diaryl/α,β-unsaturated/α-hetero) is 1. The average molecular weight is 335 g/mol. The molecule has 0 saturated heterocycles. The highest BCUT2D eigenvalue weighted by Crippen LogP contribution is 2.09. The number of hydrogen-bond donors (Lipinski definition) is 1. The summed E-state index contributed by atoms with van der Waals surface area (Å²) in [6.07, 6.45) is -0.835. The number of amides is 1. The molecule has 1 N–H and O–H groups in total. The lowest BCUT2D eigenvalue weighted by Crippen LogP contribution is -2.50. The van der Waals surface area contributed by atoms with Crippen LogP contribution in [0.1, 0.15) is 40.2 Å². The molecule has 132 valence electrons. The number of esters is 1. The predicted octanol–water partition coefficient (Wildman–Crippen LogP) is 2.85. The van der Waals surface area contributed by atoms with Crippen molar-refractivity contribution in [1.82, 2.24) is 5.32 Å². The first-order valence-electron chi connectivity index (χ1n) is 7.84. The molecule has 1 unspecified atom stereocenters. The van der Waals surface area contributed by atoms with E-state index in [1.165, 1.54) is 0 Å². The molecule has 1 aromatic rings. The Balaban J connectivity index is 2.75. The molecule has 0 aliphatic carbocycles. The second kappa shape index (κ2) is 8.47. The Morgan fingerprint density at radius 2 is 1.67 bits per heavy atom. The van der Waals surface area contributed by atoms with Gasteiger partial charge in [0.15, 0.2) is 11.8 Å². The second-order valence-corrected chi connectivity index (χ2v) is 6.73. The maximum absolute atomic E-state index is 12.3. The monoisotopic (exact) mass is 335 g/mol. The number of carbonyl (C=O) groups excluding carboxylic acids is 3. The van der Waals surface area contributed by atoms with Gasteiger partial charge in [0.2, 0.25) is 0 Å². The Hall–Kier alpha value is -2.37. The number of rotatable bonds is 6. The fraction of sp³-hybridized carbons (Fsp3) is 0.500. The molecule has 0 radical (unpaired) electrons. The molecule has 0 saturated carbocycles. The molecular formula is C18H25NO5. The minimum absolute atomic E-state index is 0.0253. The van der Waals surface area contributed by atoms with Crippen LogP contribution in [0.3, 0.4) is 0 Å². The van der Waals surface area contributed by atoms with Crippen LogP contribution in [0.25, 0.3) is 0 Å². The van der Waals surface area contributed by atoms with Gasteiger partial charge >= 0.3 is 12.1 Å². The maximum atomic E-state index is 12.3. The van der Waals surface area contributed by atoms with E-state index in [0.717, 1.165) is 5.56 Å². The number of hydrogen-bond acceptors (Lipinski definition) is 5. The molecule has 6 nitrogen and oxygen atoms in total. The Labute approximate surface area is 142 Å². The lowest BCUT2D eigenvalue weighted by Gasteiger charge is -2.23. The van der Waals surface area contributed by atoms with Gasteiger partial charge < -0.3 is 14.8 Å². The van der Waals surface area contributed by atoms with Crippen molar-refractivity contribution in [3.63, 3.8) is 0 Å². The van der Waals surface area contributed by atoms with Gasteiger partial charge in [0, 0.05) is 5.92 Å². The molecule has 6 heteroatoms. The zero-order valence-electron chi connectivity index (χ0n) is 14.8. The van der Waals surface area contributed by atoms with Gasteiger partial charge in [-0.2, -0.15) is 0 Å². The van der Waals surface area contributed by atoms with Gasteiger partial charge in [-0.25, -0.2) is 9.59 Å². The van der Waals surface area contributed by atoms with E-state index in [9.17, 15) is 14.4 Å². The molecule has 0 fully saturated rings. The highest BCUT2D eigenvalue weighted by atomic mass is 16.6. The fourth-order valence-corrected chi connectivity index (χ4v) is 1.82. The van der Waals surface area contributed by atoms with Crippen molar-refractivity contribution in [1.29, 1.82) is 0 Å². The second-order valence-electron chi connectivity index (χ2n) is 6.73. The van der Waals surface area contributed by atoms with Crippen LogP contribution in [-0.4, -0.2) is 29.5 Å². The Morgan fingerprint density at radius 1 is 1.08 bits per heavy atom. The van der Waals surface area contributed by atoms with E-state index in [2.05, 4.69) is 5.32 Å². The lowest BCUT2D eigenvalue weighted by molar-refractivity contribution is -0.151. The molecule has 0 aliphatic rings. The van der Waals surface area contributed by atoms with Crippen LogP contribution in [0.4, 0.5) is 4.79 Å². The molecule has 0 heterocycles. The summed E-state index contributed by atoms with van der Waals surface area (Å²) in [5, 5.41) is 2.31. The van der Waals surface area contributed by atoms with Crippen molar-refractivity contribution >= 4 is 17.8 Å². The van der Waals surface area contributed by atoms with Gasteiger partial charge in [0.25, 0.3) is 0 Å². The van der Waals surface area contributed by atoms with Crippen molar-refractivity contribution in [2.45, 2.75) is 52.9 Å². The van der Waals surface area contributed by atoms with Crippen LogP contribution in [0.2, 0.25) is 0 Å².